The molecule has 1 saturated carbocycles. The zero-order valence-corrected chi connectivity index (χ0v) is 14.0. The first-order valence-corrected chi connectivity index (χ1v) is 8.20. The van der Waals surface area contributed by atoms with E-state index in [2.05, 4.69) is 10.1 Å². The SMILES string of the molecule is O=C(O)Cc1ccccc1NC(=O)C1CC1c1ccccc1OC(F)(F)F. The molecule has 0 radical (unpaired) electrons. The van der Waals surface area contributed by atoms with Crippen molar-refractivity contribution in [1.82, 2.24) is 0 Å². The summed E-state index contributed by atoms with van der Waals surface area (Å²) in [5, 5.41) is 11.6. The van der Waals surface area contributed by atoms with E-state index in [1.807, 2.05) is 0 Å². The summed E-state index contributed by atoms with van der Waals surface area (Å²) in [5.41, 5.74) is 1.17. The Morgan fingerprint density at radius 3 is 2.48 bits per heavy atom. The number of ether oxygens (including phenoxy) is 1. The van der Waals surface area contributed by atoms with Crippen molar-refractivity contribution < 1.29 is 32.6 Å². The second-order valence-corrected chi connectivity index (χ2v) is 6.25. The fraction of sp³-hybridized carbons (Fsp3) is 0.263. The monoisotopic (exact) mass is 379 g/mol. The summed E-state index contributed by atoms with van der Waals surface area (Å²) >= 11 is 0. The van der Waals surface area contributed by atoms with Crippen LogP contribution >= 0.6 is 0 Å². The van der Waals surface area contributed by atoms with Crippen LogP contribution in [-0.2, 0) is 16.0 Å². The molecule has 0 saturated heterocycles. The normalized spacial score (nSPS) is 18.6. The van der Waals surface area contributed by atoms with Crippen molar-refractivity contribution in [2.75, 3.05) is 5.32 Å². The third kappa shape index (κ3) is 4.78. The number of benzene rings is 2. The van der Waals surface area contributed by atoms with Crippen molar-refractivity contribution in [2.24, 2.45) is 5.92 Å². The lowest BCUT2D eigenvalue weighted by Crippen LogP contribution is -2.19. The van der Waals surface area contributed by atoms with Gasteiger partial charge in [0.2, 0.25) is 5.91 Å². The molecule has 2 unspecified atom stereocenters. The number of hydrogen-bond acceptors (Lipinski definition) is 3. The van der Waals surface area contributed by atoms with Crippen LogP contribution in [0.5, 0.6) is 5.75 Å². The van der Waals surface area contributed by atoms with Crippen LogP contribution in [0.2, 0.25) is 0 Å². The van der Waals surface area contributed by atoms with Gasteiger partial charge in [-0.15, -0.1) is 13.2 Å². The van der Waals surface area contributed by atoms with Crippen LogP contribution in [-0.4, -0.2) is 23.3 Å². The van der Waals surface area contributed by atoms with Gasteiger partial charge in [-0.1, -0.05) is 36.4 Å². The van der Waals surface area contributed by atoms with Gasteiger partial charge in [0.05, 0.1) is 6.42 Å². The maximum absolute atomic E-state index is 12.5. The molecule has 2 aromatic carbocycles. The Labute approximate surface area is 152 Å². The fourth-order valence-electron chi connectivity index (χ4n) is 3.02. The minimum Gasteiger partial charge on any atom is -0.481 e. The Kier molecular flexibility index (Phi) is 5.07. The number of para-hydroxylation sites is 2. The molecule has 142 valence electrons. The van der Waals surface area contributed by atoms with Gasteiger partial charge in [-0.2, -0.15) is 0 Å². The summed E-state index contributed by atoms with van der Waals surface area (Å²) in [6.07, 6.45) is -4.66. The number of aliphatic carboxylic acids is 1. The van der Waals surface area contributed by atoms with E-state index < -0.39 is 18.2 Å². The van der Waals surface area contributed by atoms with E-state index in [1.165, 1.54) is 18.2 Å². The van der Waals surface area contributed by atoms with Crippen LogP contribution in [0.4, 0.5) is 18.9 Å². The second-order valence-electron chi connectivity index (χ2n) is 6.25. The van der Waals surface area contributed by atoms with Crippen molar-refractivity contribution in [3.8, 4) is 5.75 Å². The molecule has 5 nitrogen and oxygen atoms in total. The first kappa shape index (κ1) is 18.8. The second kappa shape index (κ2) is 7.30. The number of carboxylic acids is 1. The molecule has 1 aliphatic rings. The fourth-order valence-corrected chi connectivity index (χ4v) is 3.02. The van der Waals surface area contributed by atoms with Crippen molar-refractivity contribution in [3.63, 3.8) is 0 Å². The molecule has 0 aliphatic heterocycles. The van der Waals surface area contributed by atoms with E-state index in [-0.39, 0.29) is 24.0 Å². The van der Waals surface area contributed by atoms with E-state index in [4.69, 9.17) is 5.11 Å². The van der Waals surface area contributed by atoms with Crippen LogP contribution in [0.1, 0.15) is 23.5 Å². The smallest absolute Gasteiger partial charge is 0.481 e. The minimum atomic E-state index is -4.81. The number of nitrogens with one attached hydrogen (secondary N) is 1. The maximum Gasteiger partial charge on any atom is 0.573 e. The molecule has 2 aromatic rings. The number of alkyl halides is 3. The molecule has 2 atom stereocenters. The Hall–Kier alpha value is -3.03. The minimum absolute atomic E-state index is 0.243. The number of amides is 1. The van der Waals surface area contributed by atoms with Gasteiger partial charge in [-0.25, -0.2) is 0 Å². The van der Waals surface area contributed by atoms with Crippen LogP contribution in [0.3, 0.4) is 0 Å². The summed E-state index contributed by atoms with van der Waals surface area (Å²) in [7, 11) is 0. The van der Waals surface area contributed by atoms with E-state index in [0.29, 0.717) is 23.2 Å². The van der Waals surface area contributed by atoms with E-state index in [0.717, 1.165) is 0 Å². The highest BCUT2D eigenvalue weighted by Gasteiger charge is 2.46. The van der Waals surface area contributed by atoms with Crippen LogP contribution < -0.4 is 10.1 Å². The zero-order valence-electron chi connectivity index (χ0n) is 14.0. The lowest BCUT2D eigenvalue weighted by atomic mass is 10.1. The molecule has 0 heterocycles. The molecule has 0 bridgehead atoms. The Bertz CT molecular complexity index is 866. The highest BCUT2D eigenvalue weighted by atomic mass is 19.4. The van der Waals surface area contributed by atoms with Crippen molar-refractivity contribution >= 4 is 17.6 Å². The molecular weight excluding hydrogens is 363 g/mol. The topological polar surface area (TPSA) is 75.6 Å². The maximum atomic E-state index is 12.5. The molecule has 1 aliphatic carbocycles. The number of hydrogen-bond donors (Lipinski definition) is 2. The predicted molar refractivity (Wildman–Crippen MR) is 90.4 cm³/mol. The Balaban J connectivity index is 1.71. The quantitative estimate of drug-likeness (QED) is 0.797. The third-order valence-electron chi connectivity index (χ3n) is 4.29. The summed E-state index contributed by atoms with van der Waals surface area (Å²) in [6, 6.07) is 12.3. The van der Waals surface area contributed by atoms with Gasteiger partial charge in [-0.3, -0.25) is 9.59 Å². The standard InChI is InChI=1S/C19H16F3NO4/c20-19(21,22)27-16-8-4-2-6-12(16)13-10-14(13)18(26)23-15-7-3-1-5-11(15)9-17(24)25/h1-8,13-14H,9-10H2,(H,23,26)(H,24,25). The van der Waals surface area contributed by atoms with Gasteiger partial charge < -0.3 is 15.2 Å². The van der Waals surface area contributed by atoms with E-state index in [9.17, 15) is 22.8 Å². The van der Waals surface area contributed by atoms with Crippen LogP contribution in [0.15, 0.2) is 48.5 Å². The molecule has 2 N–H and O–H groups in total. The highest BCUT2D eigenvalue weighted by Crippen LogP contribution is 2.51. The number of carbonyl (C=O) groups excluding carboxylic acids is 1. The highest BCUT2D eigenvalue weighted by molar-refractivity contribution is 5.96. The Morgan fingerprint density at radius 1 is 1.11 bits per heavy atom. The van der Waals surface area contributed by atoms with Crippen molar-refractivity contribution in [2.45, 2.75) is 25.1 Å². The number of rotatable bonds is 6. The van der Waals surface area contributed by atoms with E-state index in [1.54, 1.807) is 30.3 Å². The summed E-state index contributed by atoms with van der Waals surface area (Å²) in [5.74, 6) is -2.58. The summed E-state index contributed by atoms with van der Waals surface area (Å²) in [4.78, 5) is 23.4. The molecule has 0 aromatic heterocycles. The molecule has 1 fully saturated rings. The van der Waals surface area contributed by atoms with Gasteiger partial charge in [0.25, 0.3) is 0 Å². The lowest BCUT2D eigenvalue weighted by molar-refractivity contribution is -0.274. The number of carbonyl (C=O) groups is 2. The van der Waals surface area contributed by atoms with Gasteiger partial charge in [-0.05, 0) is 35.6 Å². The Morgan fingerprint density at radius 2 is 1.78 bits per heavy atom. The molecule has 3 rings (SSSR count). The van der Waals surface area contributed by atoms with Crippen molar-refractivity contribution in [1.29, 1.82) is 0 Å². The molecule has 1 amide bonds. The van der Waals surface area contributed by atoms with Gasteiger partial charge in [0.1, 0.15) is 5.75 Å². The summed E-state index contributed by atoms with van der Waals surface area (Å²) < 4.78 is 41.7. The molecular formula is C19H16F3NO4. The molecule has 0 spiro atoms. The third-order valence-corrected chi connectivity index (χ3v) is 4.29. The largest absolute Gasteiger partial charge is 0.573 e. The van der Waals surface area contributed by atoms with Gasteiger partial charge in [0.15, 0.2) is 0 Å². The average molecular weight is 379 g/mol. The van der Waals surface area contributed by atoms with E-state index >= 15 is 0 Å². The van der Waals surface area contributed by atoms with Gasteiger partial charge in [0, 0.05) is 11.6 Å². The first-order valence-electron chi connectivity index (χ1n) is 8.20. The zero-order chi connectivity index (χ0) is 19.6. The van der Waals surface area contributed by atoms with Crippen LogP contribution in [0.25, 0.3) is 0 Å². The number of anilines is 1. The number of carboxylic acid groups (broad SMARTS) is 1. The molecule has 8 heteroatoms. The lowest BCUT2D eigenvalue weighted by Gasteiger charge is -2.13. The van der Waals surface area contributed by atoms with Gasteiger partial charge >= 0.3 is 12.3 Å². The molecule has 27 heavy (non-hydrogen) atoms. The first-order chi connectivity index (χ1) is 12.7. The summed E-state index contributed by atoms with van der Waals surface area (Å²) in [6.45, 7) is 0. The van der Waals surface area contributed by atoms with Crippen molar-refractivity contribution in [3.05, 3.63) is 59.7 Å². The average Bonchev–Trinajstić information content (AvgIpc) is 3.36. The predicted octanol–water partition coefficient (Wildman–Crippen LogP) is 3.95. The number of halogens is 3. The van der Waals surface area contributed by atoms with Crippen LogP contribution in [0, 0.1) is 5.92 Å².